The Bertz CT molecular complexity index is 1100. The molecule has 0 unspecified atom stereocenters. The molecule has 0 aromatic heterocycles. The minimum atomic E-state index is -0.140. The topological polar surface area (TPSA) is 59.1 Å². The Morgan fingerprint density at radius 3 is 1.35 bits per heavy atom. The Hall–Kier alpha value is -2.70. The van der Waals surface area contributed by atoms with Crippen LogP contribution in [0.15, 0.2) is 73.9 Å². The maximum Gasteiger partial charge on any atom is 0.306 e. The Balaban J connectivity index is 1.23. The normalized spacial score (nSPS) is 29.8. The molecule has 2 saturated carbocycles. The van der Waals surface area contributed by atoms with E-state index in [1.165, 1.54) is 11.1 Å². The number of ether oxygens (including phenoxy) is 2. The van der Waals surface area contributed by atoms with Crippen molar-refractivity contribution in [3.05, 3.63) is 73.9 Å². The lowest BCUT2D eigenvalue weighted by Crippen LogP contribution is -2.46. The van der Waals surface area contributed by atoms with Crippen molar-refractivity contribution in [1.29, 1.82) is 0 Å². The van der Waals surface area contributed by atoms with E-state index in [4.69, 9.17) is 9.47 Å². The number of carbonyl (C=O) groups excluding carboxylic acids is 2. The van der Waals surface area contributed by atoms with Crippen molar-refractivity contribution < 1.29 is 19.1 Å². The SMILES string of the molecule is C=C[C@]1(C)CC[C@@H](C(=C)COC(=O)CCCN2CCN(CCCC(=O)OCC(=C)[C@@H]3CC[C@@](C)(C=C)[C@H](C(=C)C)C3)CC2)C[C@H]1C(=C)C. The molecule has 2 aliphatic carbocycles. The molecule has 3 aliphatic rings. The summed E-state index contributed by atoms with van der Waals surface area (Å²) in [7, 11) is 0. The molecular weight excluding hydrogens is 596 g/mol. The molecule has 0 spiro atoms. The zero-order chi connectivity index (χ0) is 35.5. The Morgan fingerprint density at radius 1 is 0.688 bits per heavy atom. The van der Waals surface area contributed by atoms with Crippen LogP contribution in [0.2, 0.25) is 0 Å². The number of rotatable bonds is 18. The van der Waals surface area contributed by atoms with Crippen molar-refractivity contribution in [1.82, 2.24) is 9.80 Å². The average Bonchev–Trinajstić information content (AvgIpc) is 3.06. The van der Waals surface area contributed by atoms with Gasteiger partial charge in [-0.15, -0.1) is 13.2 Å². The largest absolute Gasteiger partial charge is 0.461 e. The molecule has 6 nitrogen and oxygen atoms in total. The molecule has 6 heteroatoms. The Kier molecular flexibility index (Phi) is 15.2. The van der Waals surface area contributed by atoms with E-state index in [1.54, 1.807) is 0 Å². The molecule has 268 valence electrons. The van der Waals surface area contributed by atoms with E-state index in [1.807, 2.05) is 0 Å². The number of piperazine rings is 1. The molecule has 1 aliphatic heterocycles. The molecule has 3 fully saturated rings. The summed E-state index contributed by atoms with van der Waals surface area (Å²) in [5.74, 6) is 1.19. The predicted molar refractivity (Wildman–Crippen MR) is 199 cm³/mol. The van der Waals surface area contributed by atoms with Crippen LogP contribution in [0.3, 0.4) is 0 Å². The summed E-state index contributed by atoms with van der Waals surface area (Å²) in [5.41, 5.74) is 4.57. The average molecular weight is 663 g/mol. The van der Waals surface area contributed by atoms with Crippen LogP contribution in [-0.2, 0) is 19.1 Å². The first-order chi connectivity index (χ1) is 22.7. The van der Waals surface area contributed by atoms with Gasteiger partial charge in [0.25, 0.3) is 0 Å². The fourth-order valence-corrected chi connectivity index (χ4v) is 8.28. The summed E-state index contributed by atoms with van der Waals surface area (Å²) in [6, 6.07) is 0. The third kappa shape index (κ3) is 11.2. The molecule has 0 N–H and O–H groups in total. The van der Waals surface area contributed by atoms with Gasteiger partial charge in [0.2, 0.25) is 0 Å². The van der Waals surface area contributed by atoms with Crippen molar-refractivity contribution in [2.24, 2.45) is 34.5 Å². The zero-order valence-electron chi connectivity index (χ0n) is 31.0. The monoisotopic (exact) mass is 663 g/mol. The Labute approximate surface area is 293 Å². The van der Waals surface area contributed by atoms with Gasteiger partial charge in [0, 0.05) is 39.0 Å². The lowest BCUT2D eigenvalue weighted by Gasteiger charge is -2.43. The predicted octanol–water partition coefficient (Wildman–Crippen LogP) is 8.73. The fourth-order valence-electron chi connectivity index (χ4n) is 8.28. The number of hydrogen-bond donors (Lipinski definition) is 0. The molecular formula is C42H66N2O4. The molecule has 48 heavy (non-hydrogen) atoms. The number of nitrogens with zero attached hydrogens (tertiary/aromatic N) is 2. The summed E-state index contributed by atoms with van der Waals surface area (Å²) >= 11 is 0. The van der Waals surface area contributed by atoms with Gasteiger partial charge in [0.05, 0.1) is 0 Å². The minimum absolute atomic E-state index is 0.0782. The first-order valence-electron chi connectivity index (χ1n) is 18.4. The highest BCUT2D eigenvalue weighted by Crippen LogP contribution is 2.49. The first-order valence-corrected chi connectivity index (χ1v) is 18.4. The highest BCUT2D eigenvalue weighted by molar-refractivity contribution is 5.69. The molecule has 0 bridgehead atoms. The third-order valence-electron chi connectivity index (χ3n) is 12.0. The summed E-state index contributed by atoms with van der Waals surface area (Å²) in [4.78, 5) is 29.8. The second-order valence-corrected chi connectivity index (χ2v) is 15.7. The van der Waals surface area contributed by atoms with Gasteiger partial charge in [0.15, 0.2) is 0 Å². The fraction of sp³-hybridized carbons (Fsp3) is 0.667. The molecule has 0 aromatic rings. The van der Waals surface area contributed by atoms with Gasteiger partial charge in [-0.2, -0.15) is 0 Å². The summed E-state index contributed by atoms with van der Waals surface area (Å²) in [6.45, 7) is 40.2. The molecule has 0 amide bonds. The van der Waals surface area contributed by atoms with Gasteiger partial charge in [-0.1, -0.05) is 63.5 Å². The smallest absolute Gasteiger partial charge is 0.306 e. The number of esters is 2. The van der Waals surface area contributed by atoms with Gasteiger partial charge in [0.1, 0.15) is 13.2 Å². The summed E-state index contributed by atoms with van der Waals surface area (Å²) in [5, 5.41) is 0. The minimum Gasteiger partial charge on any atom is -0.461 e. The number of carbonyl (C=O) groups is 2. The zero-order valence-corrected chi connectivity index (χ0v) is 31.0. The maximum atomic E-state index is 12.5. The molecule has 0 radical (unpaired) electrons. The van der Waals surface area contributed by atoms with Gasteiger partial charge in [-0.05, 0) is 124 Å². The number of hydrogen-bond acceptors (Lipinski definition) is 6. The highest BCUT2D eigenvalue weighted by Gasteiger charge is 2.40. The molecule has 0 aromatic carbocycles. The Morgan fingerprint density at radius 2 is 1.04 bits per heavy atom. The van der Waals surface area contributed by atoms with Crippen molar-refractivity contribution in [3.8, 4) is 0 Å². The lowest BCUT2D eigenvalue weighted by molar-refractivity contribution is -0.144. The van der Waals surface area contributed by atoms with E-state index in [0.717, 1.165) is 102 Å². The first kappa shape index (κ1) is 39.7. The third-order valence-corrected chi connectivity index (χ3v) is 12.0. The van der Waals surface area contributed by atoms with E-state index in [2.05, 4.69) is 89.1 Å². The maximum absolute atomic E-state index is 12.5. The lowest BCUT2D eigenvalue weighted by atomic mass is 9.61. The standard InChI is InChI=1S/C42H66N2O4/c1-11-41(9)19-17-35(27-37(41)31(3)4)33(7)29-47-39(45)15-13-21-43-23-25-44(26-24-43)22-14-16-40(46)48-30-34(8)36-18-20-42(10,12-2)38(28-36)32(5)6/h11-12,35-38H,1-3,5,7-8,13-30H2,4,6,9-10H3/t35-,36-,37+,38+,41-,42-/m1/s1. The van der Waals surface area contributed by atoms with Gasteiger partial charge in [-0.3, -0.25) is 9.59 Å². The van der Waals surface area contributed by atoms with Crippen LogP contribution >= 0.6 is 0 Å². The van der Waals surface area contributed by atoms with Crippen LogP contribution in [0, 0.1) is 34.5 Å². The summed E-state index contributed by atoms with van der Waals surface area (Å²) < 4.78 is 11.3. The molecule has 3 rings (SSSR count). The van der Waals surface area contributed by atoms with Crippen LogP contribution in [0.25, 0.3) is 0 Å². The van der Waals surface area contributed by atoms with Gasteiger partial charge < -0.3 is 19.3 Å². The van der Waals surface area contributed by atoms with E-state index in [9.17, 15) is 9.59 Å². The second kappa shape index (κ2) is 18.3. The molecule has 1 saturated heterocycles. The van der Waals surface area contributed by atoms with Crippen molar-refractivity contribution in [3.63, 3.8) is 0 Å². The van der Waals surface area contributed by atoms with Crippen molar-refractivity contribution in [2.45, 2.75) is 91.9 Å². The van der Waals surface area contributed by atoms with Crippen molar-refractivity contribution in [2.75, 3.05) is 52.5 Å². The van der Waals surface area contributed by atoms with Crippen molar-refractivity contribution >= 4 is 11.9 Å². The van der Waals surface area contributed by atoms with E-state index < -0.39 is 0 Å². The van der Waals surface area contributed by atoms with E-state index in [-0.39, 0.29) is 22.8 Å². The van der Waals surface area contributed by atoms with Crippen LogP contribution < -0.4 is 0 Å². The molecule has 1 heterocycles. The van der Waals surface area contributed by atoms with Crippen LogP contribution in [0.1, 0.15) is 91.9 Å². The van der Waals surface area contributed by atoms with E-state index in [0.29, 0.717) is 49.7 Å². The van der Waals surface area contributed by atoms with E-state index >= 15 is 0 Å². The quantitative estimate of drug-likeness (QED) is 0.108. The highest BCUT2D eigenvalue weighted by atomic mass is 16.5. The summed E-state index contributed by atoms with van der Waals surface area (Å²) in [6.07, 6.45) is 12.8. The van der Waals surface area contributed by atoms with Crippen LogP contribution in [0.5, 0.6) is 0 Å². The second-order valence-electron chi connectivity index (χ2n) is 15.7. The van der Waals surface area contributed by atoms with Gasteiger partial charge >= 0.3 is 11.9 Å². The van der Waals surface area contributed by atoms with Crippen LogP contribution in [0.4, 0.5) is 0 Å². The number of allylic oxidation sites excluding steroid dienone is 4. The van der Waals surface area contributed by atoms with Gasteiger partial charge in [-0.25, -0.2) is 0 Å². The molecule has 6 atom stereocenters. The van der Waals surface area contributed by atoms with Crippen LogP contribution in [-0.4, -0.2) is 74.2 Å².